The van der Waals surface area contributed by atoms with Gasteiger partial charge in [-0.15, -0.1) is 0 Å². The van der Waals surface area contributed by atoms with Crippen LogP contribution in [0.5, 0.6) is 0 Å². The number of hydrogen-bond donors (Lipinski definition) is 0. The van der Waals surface area contributed by atoms with Gasteiger partial charge in [0.05, 0.1) is 0 Å². The van der Waals surface area contributed by atoms with E-state index in [1.54, 1.807) is 28.4 Å². The van der Waals surface area contributed by atoms with Crippen LogP contribution in [0.2, 0.25) is 18.6 Å². The summed E-state index contributed by atoms with van der Waals surface area (Å²) >= 11 is 0. The molecular weight excluding hydrogens is 240 g/mol. The smallest absolute Gasteiger partial charge is 0.334 e. The summed E-state index contributed by atoms with van der Waals surface area (Å²) in [6.45, 7) is 2.11. The zero-order valence-corrected chi connectivity index (χ0v) is 13.4. The summed E-state index contributed by atoms with van der Waals surface area (Å²) in [4.78, 5) is 0. The Bertz CT molecular complexity index is 161. The van der Waals surface area contributed by atoms with Crippen molar-refractivity contribution in [2.24, 2.45) is 0 Å². The molecule has 0 bridgehead atoms. The quantitative estimate of drug-likeness (QED) is 0.448. The van der Waals surface area contributed by atoms with Crippen LogP contribution in [-0.2, 0) is 17.7 Å². The minimum atomic E-state index is -1.84. The Morgan fingerprint density at radius 2 is 1.44 bits per heavy atom. The fourth-order valence-corrected chi connectivity index (χ4v) is 4.31. The Morgan fingerprint density at radius 3 is 1.88 bits per heavy atom. The van der Waals surface area contributed by atoms with E-state index in [2.05, 4.69) is 6.55 Å². The summed E-state index contributed by atoms with van der Waals surface area (Å²) in [5.74, 6) is 0. The average Bonchev–Trinajstić information content (AvgIpc) is 2.33. The highest BCUT2D eigenvalue weighted by atomic mass is 28.4. The monoisotopic (exact) mass is 266 g/mol. The van der Waals surface area contributed by atoms with Crippen molar-refractivity contribution < 1.29 is 17.7 Å². The molecule has 0 aliphatic carbocycles. The maximum Gasteiger partial charge on any atom is 0.334 e. The van der Waals surface area contributed by atoms with Crippen LogP contribution < -0.4 is 0 Å². The standard InChI is InChI=1S/C10H26O4Si2/c1-11-15(12-2)9-7-6-8-10-16(5,13-3)14-4/h15H,6-10H2,1-5H3. The van der Waals surface area contributed by atoms with E-state index in [-0.39, 0.29) is 0 Å². The second kappa shape index (κ2) is 9.32. The highest BCUT2D eigenvalue weighted by molar-refractivity contribution is 6.65. The zero-order valence-electron chi connectivity index (χ0n) is 11.2. The molecule has 0 radical (unpaired) electrons. The van der Waals surface area contributed by atoms with E-state index in [0.717, 1.165) is 12.1 Å². The molecule has 0 aliphatic rings. The van der Waals surface area contributed by atoms with E-state index in [4.69, 9.17) is 17.7 Å². The lowest BCUT2D eigenvalue weighted by molar-refractivity contribution is 0.248. The van der Waals surface area contributed by atoms with Crippen LogP contribution >= 0.6 is 0 Å². The number of unbranched alkanes of at least 4 members (excludes halogenated alkanes) is 2. The van der Waals surface area contributed by atoms with Crippen LogP contribution in [0.1, 0.15) is 19.3 Å². The zero-order chi connectivity index (χ0) is 12.4. The fourth-order valence-electron chi connectivity index (χ4n) is 1.55. The Balaban J connectivity index is 3.52. The molecule has 0 heterocycles. The van der Waals surface area contributed by atoms with Crippen molar-refractivity contribution in [3.63, 3.8) is 0 Å². The minimum Gasteiger partial charge on any atom is -0.400 e. The van der Waals surface area contributed by atoms with Crippen molar-refractivity contribution in [1.29, 1.82) is 0 Å². The molecule has 0 spiro atoms. The lowest BCUT2D eigenvalue weighted by Gasteiger charge is -2.22. The molecular formula is C10H26O4Si2. The first-order valence-electron chi connectivity index (χ1n) is 5.77. The Labute approximate surface area is 102 Å². The highest BCUT2D eigenvalue weighted by Gasteiger charge is 2.27. The maximum atomic E-state index is 5.43. The topological polar surface area (TPSA) is 36.9 Å². The minimum absolute atomic E-state index is 1.06. The van der Waals surface area contributed by atoms with Gasteiger partial charge in [-0.05, 0) is 18.6 Å². The van der Waals surface area contributed by atoms with Gasteiger partial charge in [-0.3, -0.25) is 0 Å². The van der Waals surface area contributed by atoms with E-state index < -0.39 is 17.8 Å². The molecule has 0 unspecified atom stereocenters. The molecule has 0 aromatic carbocycles. The van der Waals surface area contributed by atoms with Crippen LogP contribution in [-0.4, -0.2) is 46.3 Å². The third-order valence-electron chi connectivity index (χ3n) is 2.96. The summed E-state index contributed by atoms with van der Waals surface area (Å²) in [7, 11) is 3.78. The van der Waals surface area contributed by atoms with Crippen molar-refractivity contribution in [3.05, 3.63) is 0 Å². The fraction of sp³-hybridized carbons (Fsp3) is 1.00. The summed E-state index contributed by atoms with van der Waals surface area (Å²) in [5, 5.41) is 0. The van der Waals surface area contributed by atoms with Gasteiger partial charge in [-0.25, -0.2) is 0 Å². The molecule has 0 amide bonds. The molecule has 0 fully saturated rings. The van der Waals surface area contributed by atoms with Gasteiger partial charge in [0, 0.05) is 28.4 Å². The molecule has 6 heteroatoms. The van der Waals surface area contributed by atoms with Crippen LogP contribution in [0.3, 0.4) is 0 Å². The molecule has 0 saturated carbocycles. The lowest BCUT2D eigenvalue weighted by Crippen LogP contribution is -2.35. The van der Waals surface area contributed by atoms with E-state index >= 15 is 0 Å². The first-order chi connectivity index (χ1) is 7.61. The van der Waals surface area contributed by atoms with Crippen LogP contribution in [0, 0.1) is 0 Å². The lowest BCUT2D eigenvalue weighted by atomic mass is 10.3. The molecule has 98 valence electrons. The Morgan fingerprint density at radius 1 is 0.875 bits per heavy atom. The van der Waals surface area contributed by atoms with Crippen molar-refractivity contribution in [2.45, 2.75) is 37.9 Å². The summed E-state index contributed by atoms with van der Waals surface area (Å²) in [5.41, 5.74) is 0. The number of hydrogen-bond acceptors (Lipinski definition) is 4. The molecule has 0 aromatic rings. The van der Waals surface area contributed by atoms with Gasteiger partial charge in [0.15, 0.2) is 0 Å². The van der Waals surface area contributed by atoms with Crippen molar-refractivity contribution in [1.82, 2.24) is 0 Å². The van der Waals surface area contributed by atoms with Crippen molar-refractivity contribution in [2.75, 3.05) is 28.4 Å². The number of rotatable bonds is 10. The predicted molar refractivity (Wildman–Crippen MR) is 70.3 cm³/mol. The van der Waals surface area contributed by atoms with Gasteiger partial charge in [-0.1, -0.05) is 19.3 Å². The van der Waals surface area contributed by atoms with Gasteiger partial charge < -0.3 is 17.7 Å². The summed E-state index contributed by atoms with van der Waals surface area (Å²) in [6.07, 6.45) is 3.54. The molecule has 0 saturated heterocycles. The third-order valence-corrected chi connectivity index (χ3v) is 7.88. The van der Waals surface area contributed by atoms with Crippen LogP contribution in [0.15, 0.2) is 0 Å². The normalized spacial score (nSPS) is 12.4. The van der Waals surface area contributed by atoms with Gasteiger partial charge in [0.2, 0.25) is 0 Å². The summed E-state index contributed by atoms with van der Waals surface area (Å²) in [6, 6.07) is 2.15. The van der Waals surface area contributed by atoms with Crippen LogP contribution in [0.25, 0.3) is 0 Å². The molecule has 0 N–H and O–H groups in total. The largest absolute Gasteiger partial charge is 0.400 e. The maximum absolute atomic E-state index is 5.43. The van der Waals surface area contributed by atoms with Crippen LogP contribution in [0.4, 0.5) is 0 Å². The Hall–Kier alpha value is 0.274. The second-order valence-corrected chi connectivity index (χ2v) is 10.0. The molecule has 0 aliphatic heterocycles. The molecule has 16 heavy (non-hydrogen) atoms. The van der Waals surface area contributed by atoms with Gasteiger partial charge in [0.1, 0.15) is 0 Å². The first kappa shape index (κ1) is 16.3. The molecule has 0 atom stereocenters. The van der Waals surface area contributed by atoms with E-state index in [1.165, 1.54) is 19.3 Å². The van der Waals surface area contributed by atoms with E-state index in [0.29, 0.717) is 0 Å². The molecule has 0 aromatic heterocycles. The third kappa shape index (κ3) is 6.77. The van der Waals surface area contributed by atoms with E-state index in [1.807, 2.05) is 0 Å². The Kier molecular flexibility index (Phi) is 9.48. The average molecular weight is 266 g/mol. The highest BCUT2D eigenvalue weighted by Crippen LogP contribution is 2.17. The first-order valence-corrected chi connectivity index (χ1v) is 10.1. The van der Waals surface area contributed by atoms with Crippen molar-refractivity contribution in [3.8, 4) is 0 Å². The predicted octanol–water partition coefficient (Wildman–Crippen LogP) is 2.03. The molecule has 4 nitrogen and oxygen atoms in total. The second-order valence-electron chi connectivity index (χ2n) is 4.04. The SMILES string of the molecule is CO[SiH](CCCCC[Si](C)(OC)OC)OC. The van der Waals surface area contributed by atoms with Crippen molar-refractivity contribution >= 4 is 17.8 Å². The van der Waals surface area contributed by atoms with E-state index in [9.17, 15) is 0 Å². The van der Waals surface area contributed by atoms with Gasteiger partial charge in [-0.2, -0.15) is 0 Å². The van der Waals surface area contributed by atoms with Gasteiger partial charge in [0.25, 0.3) is 0 Å². The summed E-state index contributed by atoms with van der Waals surface area (Å²) < 4.78 is 21.4. The van der Waals surface area contributed by atoms with Gasteiger partial charge >= 0.3 is 17.8 Å². The molecule has 0 rings (SSSR count).